The first-order chi connectivity index (χ1) is 10.4. The van der Waals surface area contributed by atoms with Gasteiger partial charge in [0.15, 0.2) is 5.96 Å². The van der Waals surface area contributed by atoms with Crippen LogP contribution in [0.2, 0.25) is 0 Å². The number of carbonyl (C=O) groups is 1. The summed E-state index contributed by atoms with van der Waals surface area (Å²) < 4.78 is 5.02. The number of nitrogens with two attached hydrogens (primary N) is 1. The highest BCUT2D eigenvalue weighted by molar-refractivity contribution is 5.94. The normalized spacial score (nSPS) is 12.8. The molecular weight excluding hydrogens is 280 g/mol. The summed E-state index contributed by atoms with van der Waals surface area (Å²) in [4.78, 5) is 17.8. The molecule has 1 atom stereocenters. The average molecular weight is 306 g/mol. The molecule has 1 unspecified atom stereocenters. The minimum atomic E-state index is -0.0000720. The highest BCUT2D eigenvalue weighted by Crippen LogP contribution is 2.08. The number of hydrogen-bond acceptors (Lipinski definition) is 3. The first kappa shape index (κ1) is 18.0. The van der Waals surface area contributed by atoms with E-state index in [2.05, 4.69) is 10.3 Å². The lowest BCUT2D eigenvalue weighted by atomic mass is 10.1. The van der Waals surface area contributed by atoms with Crippen LogP contribution >= 0.6 is 0 Å². The summed E-state index contributed by atoms with van der Waals surface area (Å²) in [6.45, 7) is 3.12. The number of carbonyl (C=O) groups excluding carboxylic acids is 1. The highest BCUT2D eigenvalue weighted by Gasteiger charge is 2.08. The molecule has 6 heteroatoms. The van der Waals surface area contributed by atoms with Gasteiger partial charge in [0.1, 0.15) is 0 Å². The summed E-state index contributed by atoms with van der Waals surface area (Å²) in [5.41, 5.74) is 7.56. The van der Waals surface area contributed by atoms with E-state index >= 15 is 0 Å². The van der Waals surface area contributed by atoms with Gasteiger partial charge in [-0.2, -0.15) is 0 Å². The molecule has 0 aromatic heterocycles. The first-order valence-corrected chi connectivity index (χ1v) is 7.30. The Morgan fingerprint density at radius 1 is 1.45 bits per heavy atom. The Morgan fingerprint density at radius 2 is 2.18 bits per heavy atom. The summed E-state index contributed by atoms with van der Waals surface area (Å²) in [6.07, 6.45) is 0.732. The van der Waals surface area contributed by atoms with Crippen LogP contribution in [0.5, 0.6) is 0 Å². The van der Waals surface area contributed by atoms with Crippen molar-refractivity contribution in [3.63, 3.8) is 0 Å². The fourth-order valence-electron chi connectivity index (χ4n) is 2.01. The first-order valence-electron chi connectivity index (χ1n) is 7.30. The van der Waals surface area contributed by atoms with Gasteiger partial charge in [0.05, 0.1) is 6.61 Å². The van der Waals surface area contributed by atoms with Gasteiger partial charge < -0.3 is 20.7 Å². The van der Waals surface area contributed by atoms with Gasteiger partial charge in [0.2, 0.25) is 0 Å². The number of benzene rings is 1. The number of aliphatic imine (C=N–C) groups is 1. The second-order valence-electron chi connectivity index (χ2n) is 5.42. The van der Waals surface area contributed by atoms with Crippen LogP contribution in [0.3, 0.4) is 0 Å². The van der Waals surface area contributed by atoms with Gasteiger partial charge in [-0.15, -0.1) is 0 Å². The molecular formula is C16H26N4O2. The number of nitrogens with zero attached hydrogens (tertiary/aromatic N) is 2. The molecule has 6 nitrogen and oxygen atoms in total. The number of nitrogens with one attached hydrogen (secondary N) is 1. The third-order valence-electron chi connectivity index (χ3n) is 3.07. The van der Waals surface area contributed by atoms with E-state index in [9.17, 15) is 4.79 Å². The van der Waals surface area contributed by atoms with Crippen molar-refractivity contribution in [3.8, 4) is 0 Å². The molecule has 1 rings (SSSR count). The van der Waals surface area contributed by atoms with E-state index in [4.69, 9.17) is 10.5 Å². The molecule has 0 radical (unpaired) electrons. The maximum absolute atomic E-state index is 11.9. The summed E-state index contributed by atoms with van der Waals surface area (Å²) in [5.74, 6) is 0.407. The van der Waals surface area contributed by atoms with Crippen LogP contribution in [0.25, 0.3) is 0 Å². The number of hydrogen-bond donors (Lipinski definition) is 2. The van der Waals surface area contributed by atoms with Crippen molar-refractivity contribution in [3.05, 3.63) is 35.4 Å². The van der Waals surface area contributed by atoms with Gasteiger partial charge >= 0.3 is 0 Å². The van der Waals surface area contributed by atoms with Crippen molar-refractivity contribution in [1.29, 1.82) is 0 Å². The second-order valence-corrected chi connectivity index (χ2v) is 5.42. The Morgan fingerprint density at radius 3 is 2.82 bits per heavy atom. The Bertz CT molecular complexity index is 515. The fourth-order valence-corrected chi connectivity index (χ4v) is 2.01. The molecule has 1 amide bonds. The van der Waals surface area contributed by atoms with Crippen molar-refractivity contribution >= 4 is 11.9 Å². The van der Waals surface area contributed by atoms with Crippen LogP contribution in [0.15, 0.2) is 29.3 Å². The van der Waals surface area contributed by atoms with Crippen LogP contribution in [-0.2, 0) is 11.2 Å². The Kier molecular flexibility index (Phi) is 7.39. The maximum Gasteiger partial charge on any atom is 0.253 e. The lowest BCUT2D eigenvalue weighted by Crippen LogP contribution is -2.40. The topological polar surface area (TPSA) is 80.0 Å². The molecule has 1 aromatic carbocycles. The number of guanidine groups is 1. The van der Waals surface area contributed by atoms with Crippen molar-refractivity contribution in [2.45, 2.75) is 19.4 Å². The van der Waals surface area contributed by atoms with Gasteiger partial charge in [-0.25, -0.2) is 0 Å². The van der Waals surface area contributed by atoms with Crippen LogP contribution in [0.4, 0.5) is 0 Å². The van der Waals surface area contributed by atoms with E-state index in [1.165, 1.54) is 0 Å². The number of methoxy groups -OCH3 is 1. The quantitative estimate of drug-likeness (QED) is 0.579. The van der Waals surface area contributed by atoms with Crippen molar-refractivity contribution in [1.82, 2.24) is 10.2 Å². The molecule has 0 saturated carbocycles. The predicted octanol–water partition coefficient (Wildman–Crippen LogP) is 0.870. The molecule has 0 aliphatic carbocycles. The average Bonchev–Trinajstić information content (AvgIpc) is 2.46. The molecule has 3 N–H and O–H groups in total. The van der Waals surface area contributed by atoms with E-state index in [0.717, 1.165) is 12.0 Å². The molecule has 0 heterocycles. The molecule has 0 fully saturated rings. The Hall–Kier alpha value is -2.08. The SMILES string of the molecule is COCC(C)NC(N)=NCCc1cccc(C(=O)N(C)C)c1. The van der Waals surface area contributed by atoms with E-state index in [-0.39, 0.29) is 11.9 Å². The van der Waals surface area contributed by atoms with Crippen molar-refractivity contribution in [2.75, 3.05) is 34.4 Å². The predicted molar refractivity (Wildman–Crippen MR) is 89.1 cm³/mol. The van der Waals surface area contributed by atoms with Crippen molar-refractivity contribution in [2.24, 2.45) is 10.7 Å². The number of amides is 1. The van der Waals surface area contributed by atoms with E-state index in [0.29, 0.717) is 24.7 Å². The van der Waals surface area contributed by atoms with Crippen LogP contribution in [0, 0.1) is 0 Å². The zero-order chi connectivity index (χ0) is 16.5. The molecule has 0 aliphatic heterocycles. The summed E-state index contributed by atoms with van der Waals surface area (Å²) >= 11 is 0. The summed E-state index contributed by atoms with van der Waals surface area (Å²) in [5, 5.41) is 3.05. The summed E-state index contributed by atoms with van der Waals surface area (Å²) in [7, 11) is 5.13. The number of rotatable bonds is 7. The lowest BCUT2D eigenvalue weighted by molar-refractivity contribution is 0.0827. The molecule has 0 aliphatic rings. The van der Waals surface area contributed by atoms with Crippen LogP contribution in [-0.4, -0.2) is 57.2 Å². The van der Waals surface area contributed by atoms with Gasteiger partial charge in [-0.1, -0.05) is 12.1 Å². The third kappa shape index (κ3) is 6.13. The van der Waals surface area contributed by atoms with Crippen LogP contribution in [0.1, 0.15) is 22.8 Å². The van der Waals surface area contributed by atoms with Crippen molar-refractivity contribution < 1.29 is 9.53 Å². The fraction of sp³-hybridized carbons (Fsp3) is 0.500. The van der Waals surface area contributed by atoms with Gasteiger partial charge in [0, 0.05) is 39.4 Å². The second kappa shape index (κ2) is 9.04. The standard InChI is InChI=1S/C16H26N4O2/c1-12(11-22-4)19-16(17)18-9-8-13-6-5-7-14(10-13)15(21)20(2)3/h5-7,10,12H,8-9,11H2,1-4H3,(H3,17,18,19). The van der Waals surface area contributed by atoms with Gasteiger partial charge in [-0.05, 0) is 31.0 Å². The highest BCUT2D eigenvalue weighted by atomic mass is 16.5. The zero-order valence-electron chi connectivity index (χ0n) is 13.8. The largest absolute Gasteiger partial charge is 0.383 e. The minimum Gasteiger partial charge on any atom is -0.383 e. The van der Waals surface area contributed by atoms with Gasteiger partial charge in [0.25, 0.3) is 5.91 Å². The Labute approximate surface area is 132 Å². The molecule has 0 saturated heterocycles. The molecule has 0 spiro atoms. The van der Waals surface area contributed by atoms with Gasteiger partial charge in [-0.3, -0.25) is 9.79 Å². The monoisotopic (exact) mass is 306 g/mol. The van der Waals surface area contributed by atoms with E-state index < -0.39 is 0 Å². The Balaban J connectivity index is 2.54. The minimum absolute atomic E-state index is 0.0000720. The number of ether oxygens (including phenoxy) is 1. The summed E-state index contributed by atoms with van der Waals surface area (Å²) in [6, 6.07) is 7.71. The van der Waals surface area contributed by atoms with E-state index in [1.807, 2.05) is 31.2 Å². The van der Waals surface area contributed by atoms with E-state index in [1.54, 1.807) is 26.1 Å². The zero-order valence-corrected chi connectivity index (χ0v) is 13.8. The maximum atomic E-state index is 11.9. The molecule has 1 aromatic rings. The third-order valence-corrected chi connectivity index (χ3v) is 3.07. The lowest BCUT2D eigenvalue weighted by Gasteiger charge is -2.13. The molecule has 22 heavy (non-hydrogen) atoms. The molecule has 0 bridgehead atoms. The van der Waals surface area contributed by atoms with Crippen LogP contribution < -0.4 is 11.1 Å². The molecule has 122 valence electrons. The smallest absolute Gasteiger partial charge is 0.253 e.